The lowest BCUT2D eigenvalue weighted by Gasteiger charge is -2.07. The Balaban J connectivity index is 2.46. The molecule has 2 rings (SSSR count). The molecule has 0 fully saturated rings. The number of hydrogen-bond acceptors (Lipinski definition) is 4. The van der Waals surface area contributed by atoms with Crippen LogP contribution in [0.25, 0.3) is 11.4 Å². The molecule has 2 aromatic heterocycles. The Bertz CT molecular complexity index is 505. The van der Waals surface area contributed by atoms with E-state index in [0.29, 0.717) is 0 Å². The van der Waals surface area contributed by atoms with Gasteiger partial charge in [-0.3, -0.25) is 0 Å². The van der Waals surface area contributed by atoms with Crippen molar-refractivity contribution in [1.82, 2.24) is 9.97 Å². The molecule has 0 aliphatic rings. The quantitative estimate of drug-likeness (QED) is 0.878. The van der Waals surface area contributed by atoms with Crippen molar-refractivity contribution >= 4 is 5.82 Å². The third-order valence-electron chi connectivity index (χ3n) is 2.60. The van der Waals surface area contributed by atoms with E-state index in [4.69, 9.17) is 4.42 Å². The summed E-state index contributed by atoms with van der Waals surface area (Å²) < 4.78 is 5.29. The molecule has 0 aliphatic carbocycles. The molecule has 0 unspecified atom stereocenters. The van der Waals surface area contributed by atoms with Gasteiger partial charge in [0.2, 0.25) is 0 Å². The first-order valence-electron chi connectivity index (χ1n) is 5.90. The molecule has 0 saturated carbocycles. The average molecular weight is 231 g/mol. The Labute approximate surface area is 101 Å². The Kier molecular flexibility index (Phi) is 3.42. The molecule has 0 aromatic carbocycles. The van der Waals surface area contributed by atoms with E-state index in [0.717, 1.165) is 41.6 Å². The summed E-state index contributed by atoms with van der Waals surface area (Å²) >= 11 is 0. The van der Waals surface area contributed by atoms with Gasteiger partial charge in [-0.05, 0) is 26.3 Å². The van der Waals surface area contributed by atoms with Gasteiger partial charge >= 0.3 is 0 Å². The topological polar surface area (TPSA) is 51.0 Å². The largest absolute Gasteiger partial charge is 0.469 e. The van der Waals surface area contributed by atoms with E-state index >= 15 is 0 Å². The lowest BCUT2D eigenvalue weighted by Crippen LogP contribution is -2.03. The zero-order valence-corrected chi connectivity index (χ0v) is 10.4. The van der Waals surface area contributed by atoms with Crippen LogP contribution >= 0.6 is 0 Å². The summed E-state index contributed by atoms with van der Waals surface area (Å²) in [4.78, 5) is 9.02. The van der Waals surface area contributed by atoms with Crippen molar-refractivity contribution in [3.8, 4) is 11.4 Å². The fourth-order valence-corrected chi connectivity index (χ4v) is 1.69. The fraction of sp³-hybridized carbons (Fsp3) is 0.385. The van der Waals surface area contributed by atoms with Crippen molar-refractivity contribution in [3.05, 3.63) is 29.9 Å². The van der Waals surface area contributed by atoms with Gasteiger partial charge in [0.05, 0.1) is 11.8 Å². The summed E-state index contributed by atoms with van der Waals surface area (Å²) in [6.45, 7) is 6.91. The molecule has 2 aromatic rings. The highest BCUT2D eigenvalue weighted by molar-refractivity contribution is 5.59. The van der Waals surface area contributed by atoms with E-state index in [1.54, 1.807) is 6.26 Å². The first-order valence-corrected chi connectivity index (χ1v) is 5.90. The van der Waals surface area contributed by atoms with Gasteiger partial charge in [0.25, 0.3) is 0 Å². The molecule has 2 heterocycles. The van der Waals surface area contributed by atoms with Crippen molar-refractivity contribution < 1.29 is 4.42 Å². The van der Waals surface area contributed by atoms with E-state index in [1.165, 1.54) is 0 Å². The van der Waals surface area contributed by atoms with Crippen molar-refractivity contribution in [3.63, 3.8) is 0 Å². The Morgan fingerprint density at radius 3 is 2.71 bits per heavy atom. The van der Waals surface area contributed by atoms with Gasteiger partial charge in [-0.2, -0.15) is 0 Å². The van der Waals surface area contributed by atoms with Gasteiger partial charge < -0.3 is 9.73 Å². The van der Waals surface area contributed by atoms with Crippen molar-refractivity contribution in [2.75, 3.05) is 11.9 Å². The monoisotopic (exact) mass is 231 g/mol. The van der Waals surface area contributed by atoms with E-state index in [-0.39, 0.29) is 0 Å². The third kappa shape index (κ3) is 2.46. The lowest BCUT2D eigenvalue weighted by molar-refractivity contribution is 0.535. The summed E-state index contributed by atoms with van der Waals surface area (Å²) in [6.07, 6.45) is 2.56. The van der Waals surface area contributed by atoms with E-state index in [9.17, 15) is 0 Å². The van der Waals surface area contributed by atoms with Gasteiger partial charge in [-0.15, -0.1) is 0 Å². The number of anilines is 1. The van der Waals surface area contributed by atoms with E-state index in [2.05, 4.69) is 29.1 Å². The molecular weight excluding hydrogens is 214 g/mol. The molecule has 0 aliphatic heterocycles. The van der Waals surface area contributed by atoms with Crippen LogP contribution < -0.4 is 5.32 Å². The minimum atomic E-state index is 0.728. The second-order valence-corrected chi connectivity index (χ2v) is 3.84. The Morgan fingerprint density at radius 1 is 1.29 bits per heavy atom. The molecule has 1 N–H and O–H groups in total. The number of furan rings is 1. The van der Waals surface area contributed by atoms with E-state index in [1.807, 2.05) is 19.1 Å². The van der Waals surface area contributed by atoms with Crippen LogP contribution in [-0.2, 0) is 6.42 Å². The third-order valence-corrected chi connectivity index (χ3v) is 2.60. The molecule has 0 saturated heterocycles. The van der Waals surface area contributed by atoms with Crippen LogP contribution in [0.4, 0.5) is 5.82 Å². The molecule has 0 atom stereocenters. The fourth-order valence-electron chi connectivity index (χ4n) is 1.69. The Hall–Kier alpha value is -1.84. The van der Waals surface area contributed by atoms with Crippen LogP contribution in [0.5, 0.6) is 0 Å². The predicted octanol–water partition coefficient (Wildman–Crippen LogP) is 3.04. The first kappa shape index (κ1) is 11.6. The normalized spacial score (nSPS) is 10.5. The number of nitrogens with one attached hydrogen (secondary N) is 1. The standard InChI is InChI=1S/C13H17N3O/c1-4-10-8-12(14-5-2)16-13(15-10)11-6-7-17-9(11)3/h6-8H,4-5H2,1-3H3,(H,14,15,16). The molecular formula is C13H17N3O. The first-order chi connectivity index (χ1) is 8.24. The number of nitrogens with zero attached hydrogens (tertiary/aromatic N) is 2. The zero-order valence-electron chi connectivity index (χ0n) is 10.4. The number of hydrogen-bond donors (Lipinski definition) is 1. The lowest BCUT2D eigenvalue weighted by atomic mass is 10.2. The van der Waals surface area contributed by atoms with Crippen LogP contribution in [0.1, 0.15) is 25.3 Å². The van der Waals surface area contributed by atoms with Crippen LogP contribution in [0.3, 0.4) is 0 Å². The van der Waals surface area contributed by atoms with Gasteiger partial charge in [0.1, 0.15) is 11.6 Å². The van der Waals surface area contributed by atoms with Gasteiger partial charge in [-0.25, -0.2) is 9.97 Å². The maximum absolute atomic E-state index is 5.29. The second kappa shape index (κ2) is 4.99. The molecule has 17 heavy (non-hydrogen) atoms. The number of aryl methyl sites for hydroxylation is 2. The molecule has 4 heteroatoms. The molecule has 4 nitrogen and oxygen atoms in total. The second-order valence-electron chi connectivity index (χ2n) is 3.84. The highest BCUT2D eigenvalue weighted by Gasteiger charge is 2.10. The number of rotatable bonds is 4. The summed E-state index contributed by atoms with van der Waals surface area (Å²) in [7, 11) is 0. The average Bonchev–Trinajstić information content (AvgIpc) is 2.75. The zero-order chi connectivity index (χ0) is 12.3. The van der Waals surface area contributed by atoms with Crippen molar-refractivity contribution in [2.24, 2.45) is 0 Å². The molecule has 0 radical (unpaired) electrons. The summed E-state index contributed by atoms with van der Waals surface area (Å²) in [5.74, 6) is 2.45. The summed E-state index contributed by atoms with van der Waals surface area (Å²) in [5, 5.41) is 3.22. The molecule has 0 bridgehead atoms. The van der Waals surface area contributed by atoms with Crippen LogP contribution in [0, 0.1) is 6.92 Å². The SMILES string of the molecule is CCNc1cc(CC)nc(-c2ccoc2C)n1. The highest BCUT2D eigenvalue weighted by Crippen LogP contribution is 2.22. The Morgan fingerprint density at radius 2 is 2.12 bits per heavy atom. The summed E-state index contributed by atoms with van der Waals surface area (Å²) in [5.41, 5.74) is 1.99. The van der Waals surface area contributed by atoms with Crippen LogP contribution in [0.15, 0.2) is 22.8 Å². The smallest absolute Gasteiger partial charge is 0.165 e. The summed E-state index contributed by atoms with van der Waals surface area (Å²) in [6, 6.07) is 3.89. The van der Waals surface area contributed by atoms with E-state index < -0.39 is 0 Å². The van der Waals surface area contributed by atoms with Crippen molar-refractivity contribution in [1.29, 1.82) is 0 Å². The number of aromatic nitrogens is 2. The molecule has 0 spiro atoms. The van der Waals surface area contributed by atoms with Gasteiger partial charge in [0.15, 0.2) is 5.82 Å². The molecule has 90 valence electrons. The van der Waals surface area contributed by atoms with Gasteiger partial charge in [-0.1, -0.05) is 6.92 Å². The highest BCUT2D eigenvalue weighted by atomic mass is 16.3. The van der Waals surface area contributed by atoms with Gasteiger partial charge in [0, 0.05) is 18.3 Å². The minimum Gasteiger partial charge on any atom is -0.469 e. The van der Waals surface area contributed by atoms with Crippen LogP contribution in [0.2, 0.25) is 0 Å². The molecule has 0 amide bonds. The minimum absolute atomic E-state index is 0.728. The maximum Gasteiger partial charge on any atom is 0.165 e. The maximum atomic E-state index is 5.29. The van der Waals surface area contributed by atoms with Crippen molar-refractivity contribution in [2.45, 2.75) is 27.2 Å². The van der Waals surface area contributed by atoms with Crippen LogP contribution in [-0.4, -0.2) is 16.5 Å². The predicted molar refractivity (Wildman–Crippen MR) is 68.0 cm³/mol.